The van der Waals surface area contributed by atoms with E-state index in [1.54, 1.807) is 0 Å². The molecule has 1 aliphatic rings. The maximum Gasteiger partial charge on any atom is 0.472 e. The Balaban J connectivity index is 2.49. The molecule has 1 saturated carbocycles. The topological polar surface area (TPSA) is 210 Å². The van der Waals surface area contributed by atoms with Gasteiger partial charge in [-0.25, -0.2) is 4.57 Å². The van der Waals surface area contributed by atoms with Crippen LogP contribution in [0.2, 0.25) is 0 Å². The number of unbranched alkanes of at least 4 members (excludes halogenated alkanes) is 14. The minimum Gasteiger partial charge on any atom is -0.462 e. The molecule has 6 N–H and O–H groups in total. The van der Waals surface area contributed by atoms with Gasteiger partial charge < -0.3 is 39.9 Å². The number of esters is 2. The fourth-order valence-corrected chi connectivity index (χ4v) is 7.69. The number of carbonyl (C=O) groups is 2. The van der Waals surface area contributed by atoms with Crippen LogP contribution in [0.1, 0.15) is 168 Å². The minimum atomic E-state index is -5.13. The Bertz CT molecular complexity index is 1380. The fourth-order valence-electron chi connectivity index (χ4n) is 6.72. The van der Waals surface area contributed by atoms with Gasteiger partial charge in [0.05, 0.1) is 6.61 Å². The van der Waals surface area contributed by atoms with Gasteiger partial charge in [-0.3, -0.25) is 18.6 Å². The van der Waals surface area contributed by atoms with Crippen LogP contribution in [-0.2, 0) is 32.7 Å². The van der Waals surface area contributed by atoms with E-state index in [1.807, 2.05) is 0 Å². The summed E-state index contributed by atoms with van der Waals surface area (Å²) in [7, 11) is -5.13. The summed E-state index contributed by atoms with van der Waals surface area (Å²) >= 11 is 0. The maximum absolute atomic E-state index is 12.8. The van der Waals surface area contributed by atoms with Crippen molar-refractivity contribution >= 4 is 19.8 Å². The average Bonchev–Trinajstić information content (AvgIpc) is 3.26. The highest BCUT2D eigenvalue weighted by atomic mass is 31.2. The first-order valence-electron chi connectivity index (χ1n) is 23.7. The van der Waals surface area contributed by atoms with E-state index in [9.17, 15) is 44.6 Å². The number of rotatable bonds is 38. The first-order chi connectivity index (χ1) is 30.4. The molecule has 0 saturated heterocycles. The predicted octanol–water partition coefficient (Wildman–Crippen LogP) is 9.50. The molecule has 13 nitrogen and oxygen atoms in total. The number of hydrogen-bond donors (Lipinski definition) is 6. The number of carbonyl (C=O) groups excluding carboxylic acids is 2. The SMILES string of the molecule is CCC=CCC=CCC=CCC=CCC=CCCCCCC(=O)OC(COC(=O)CCCCCCCC=CCCCCCCCC)COP(=O)(O)OC1C(O)C(O)C(O)C(O)C1O. The van der Waals surface area contributed by atoms with Crippen LogP contribution in [0, 0.1) is 0 Å². The minimum absolute atomic E-state index is 0.0525. The zero-order valence-corrected chi connectivity index (χ0v) is 39.2. The van der Waals surface area contributed by atoms with Crippen LogP contribution < -0.4 is 0 Å². The van der Waals surface area contributed by atoms with E-state index in [4.69, 9.17) is 18.5 Å². The third-order valence-corrected chi connectivity index (χ3v) is 11.5. The van der Waals surface area contributed by atoms with Crippen molar-refractivity contribution < 1.29 is 63.1 Å². The summed E-state index contributed by atoms with van der Waals surface area (Å²) in [5.74, 6) is -1.15. The van der Waals surface area contributed by atoms with Gasteiger partial charge >= 0.3 is 19.8 Å². The van der Waals surface area contributed by atoms with Crippen LogP contribution in [-0.4, -0.2) is 98.3 Å². The molecule has 0 heterocycles. The van der Waals surface area contributed by atoms with Crippen molar-refractivity contribution in [2.45, 2.75) is 211 Å². The number of aliphatic hydroxyl groups excluding tert-OH is 5. The van der Waals surface area contributed by atoms with Crippen LogP contribution in [0.4, 0.5) is 0 Å². The number of hydrogen-bond acceptors (Lipinski definition) is 12. The molecule has 0 aliphatic heterocycles. The van der Waals surface area contributed by atoms with E-state index >= 15 is 0 Å². The Morgan fingerprint density at radius 2 is 0.905 bits per heavy atom. The Morgan fingerprint density at radius 3 is 1.41 bits per heavy atom. The molecule has 1 rings (SSSR count). The molecule has 0 aromatic heterocycles. The normalized spacial score (nSPS) is 22.3. The number of phosphoric acid groups is 1. The average molecular weight is 911 g/mol. The van der Waals surface area contributed by atoms with Crippen LogP contribution >= 0.6 is 7.82 Å². The highest BCUT2D eigenvalue weighted by molar-refractivity contribution is 7.47. The van der Waals surface area contributed by atoms with E-state index in [1.165, 1.54) is 38.5 Å². The van der Waals surface area contributed by atoms with Gasteiger partial charge in [-0.1, -0.05) is 145 Å². The molecular weight excluding hydrogens is 828 g/mol. The van der Waals surface area contributed by atoms with E-state index in [-0.39, 0.29) is 12.8 Å². The monoisotopic (exact) mass is 911 g/mol. The lowest BCUT2D eigenvalue weighted by Gasteiger charge is -2.41. The second-order valence-corrected chi connectivity index (χ2v) is 17.6. The van der Waals surface area contributed by atoms with Crippen LogP contribution in [0.5, 0.6) is 0 Å². The second kappa shape index (κ2) is 38.5. The Hall–Kier alpha value is -2.71. The summed E-state index contributed by atoms with van der Waals surface area (Å²) in [5, 5.41) is 50.2. The van der Waals surface area contributed by atoms with Gasteiger partial charge in [-0.15, -0.1) is 0 Å². The standard InChI is InChI=1S/C49H83O13P/c1-3-5-7-9-11-13-15-17-19-20-21-22-24-26-28-30-32-34-36-38-43(51)61-41(40-60-63(57,58)62-49-47(55)45(53)44(52)46(54)48(49)56)39-59-42(50)37-35-33-31-29-27-25-23-18-16-14-12-10-8-6-4-2/h5,7,11,13,17-19,21-23,26,28,41,44-49,52-56H,3-4,6,8-10,12,14-16,20,24-25,27,29-40H2,1-2H3,(H,57,58). The highest BCUT2D eigenvalue weighted by Crippen LogP contribution is 2.47. The molecule has 0 aromatic carbocycles. The maximum atomic E-state index is 12.8. The fraction of sp³-hybridized carbons (Fsp3) is 0.714. The lowest BCUT2D eigenvalue weighted by molar-refractivity contribution is -0.220. The van der Waals surface area contributed by atoms with Crippen molar-refractivity contribution in [2.75, 3.05) is 13.2 Å². The third kappa shape index (κ3) is 31.0. The molecule has 0 aromatic rings. The van der Waals surface area contributed by atoms with Crippen LogP contribution in [0.25, 0.3) is 0 Å². The first-order valence-corrected chi connectivity index (χ1v) is 25.2. The molecule has 1 fully saturated rings. The van der Waals surface area contributed by atoms with E-state index < -0.39 is 75.7 Å². The first kappa shape index (κ1) is 58.3. The largest absolute Gasteiger partial charge is 0.472 e. The van der Waals surface area contributed by atoms with E-state index in [2.05, 4.69) is 86.8 Å². The van der Waals surface area contributed by atoms with Crippen molar-refractivity contribution in [1.82, 2.24) is 0 Å². The Labute approximate surface area is 378 Å². The summed E-state index contributed by atoms with van der Waals surface area (Å²) in [6.45, 7) is 3.14. The summed E-state index contributed by atoms with van der Waals surface area (Å²) in [5.41, 5.74) is 0. The molecule has 0 amide bonds. The zero-order chi connectivity index (χ0) is 46.4. The van der Waals surface area contributed by atoms with Gasteiger partial charge in [0.2, 0.25) is 0 Å². The van der Waals surface area contributed by atoms with Gasteiger partial charge in [0.15, 0.2) is 6.10 Å². The lowest BCUT2D eigenvalue weighted by Crippen LogP contribution is -2.64. The molecule has 0 radical (unpaired) electrons. The van der Waals surface area contributed by atoms with Crippen molar-refractivity contribution in [3.05, 3.63) is 72.9 Å². The van der Waals surface area contributed by atoms with Crippen LogP contribution in [0.3, 0.4) is 0 Å². The molecule has 6 atom stereocenters. The molecule has 362 valence electrons. The smallest absolute Gasteiger partial charge is 0.462 e. The van der Waals surface area contributed by atoms with Gasteiger partial charge in [0.1, 0.15) is 43.2 Å². The van der Waals surface area contributed by atoms with Crippen molar-refractivity contribution in [2.24, 2.45) is 0 Å². The highest BCUT2D eigenvalue weighted by Gasteiger charge is 2.51. The van der Waals surface area contributed by atoms with Gasteiger partial charge in [0.25, 0.3) is 0 Å². The molecule has 63 heavy (non-hydrogen) atoms. The van der Waals surface area contributed by atoms with E-state index in [0.29, 0.717) is 12.8 Å². The number of aliphatic hydroxyl groups is 5. The summed E-state index contributed by atoms with van der Waals surface area (Å²) in [6, 6.07) is 0. The van der Waals surface area contributed by atoms with Crippen molar-refractivity contribution in [1.29, 1.82) is 0 Å². The molecule has 14 heteroatoms. The summed E-state index contributed by atoms with van der Waals surface area (Å²) in [6.07, 6.45) is 35.2. The number of allylic oxidation sites excluding steroid dienone is 12. The van der Waals surface area contributed by atoms with Gasteiger partial charge in [0, 0.05) is 12.8 Å². The van der Waals surface area contributed by atoms with Crippen molar-refractivity contribution in [3.63, 3.8) is 0 Å². The number of phosphoric ester groups is 1. The van der Waals surface area contributed by atoms with Gasteiger partial charge in [-0.05, 0) is 83.5 Å². The lowest BCUT2D eigenvalue weighted by atomic mass is 9.85. The number of ether oxygens (including phenoxy) is 2. The quantitative estimate of drug-likeness (QED) is 0.0148. The summed E-state index contributed by atoms with van der Waals surface area (Å²) < 4.78 is 33.5. The molecule has 0 bridgehead atoms. The van der Waals surface area contributed by atoms with Crippen LogP contribution in [0.15, 0.2) is 72.9 Å². The van der Waals surface area contributed by atoms with Crippen molar-refractivity contribution in [3.8, 4) is 0 Å². The Morgan fingerprint density at radius 1 is 0.508 bits per heavy atom. The third-order valence-electron chi connectivity index (χ3n) is 10.5. The molecule has 6 unspecified atom stereocenters. The van der Waals surface area contributed by atoms with E-state index in [0.717, 1.165) is 89.9 Å². The Kier molecular flexibility index (Phi) is 35.7. The molecule has 0 spiro atoms. The summed E-state index contributed by atoms with van der Waals surface area (Å²) in [4.78, 5) is 35.7. The molecular formula is C49H83O13P. The zero-order valence-electron chi connectivity index (χ0n) is 38.3. The second-order valence-electron chi connectivity index (χ2n) is 16.2. The predicted molar refractivity (Wildman–Crippen MR) is 249 cm³/mol. The van der Waals surface area contributed by atoms with Gasteiger partial charge in [-0.2, -0.15) is 0 Å². The molecule has 1 aliphatic carbocycles.